The van der Waals surface area contributed by atoms with E-state index in [1.165, 1.54) is 16.4 Å². The fourth-order valence-electron chi connectivity index (χ4n) is 4.04. The number of hydrogen-bond acceptors (Lipinski definition) is 6. The number of ether oxygens (including phenoxy) is 1. The van der Waals surface area contributed by atoms with E-state index in [9.17, 15) is 18.0 Å². The Morgan fingerprint density at radius 1 is 1.12 bits per heavy atom. The van der Waals surface area contributed by atoms with Gasteiger partial charge in [0.1, 0.15) is 11.3 Å². The topological polar surface area (TPSA) is 106 Å². The summed E-state index contributed by atoms with van der Waals surface area (Å²) >= 11 is 0. The summed E-state index contributed by atoms with van der Waals surface area (Å²) in [6.07, 6.45) is 2.05. The Labute approximate surface area is 192 Å². The maximum atomic E-state index is 12.6. The van der Waals surface area contributed by atoms with Gasteiger partial charge < -0.3 is 14.5 Å². The van der Waals surface area contributed by atoms with E-state index in [0.717, 1.165) is 23.8 Å². The van der Waals surface area contributed by atoms with Crippen molar-refractivity contribution in [2.75, 3.05) is 25.5 Å². The van der Waals surface area contributed by atoms with Crippen LogP contribution in [0, 0.1) is 6.92 Å². The molecule has 0 bridgehead atoms. The molecule has 0 unspecified atom stereocenters. The number of methoxy groups -OCH3 is 1. The Morgan fingerprint density at radius 2 is 1.82 bits per heavy atom. The van der Waals surface area contributed by atoms with E-state index in [-0.39, 0.29) is 23.6 Å². The highest BCUT2D eigenvalue weighted by atomic mass is 32.2. The number of nitrogens with zero attached hydrogens (tertiary/aromatic N) is 1. The summed E-state index contributed by atoms with van der Waals surface area (Å²) in [4.78, 5) is 25.1. The highest BCUT2D eigenvalue weighted by molar-refractivity contribution is 7.89. The molecule has 1 saturated heterocycles. The molecule has 8 nitrogen and oxygen atoms in total. The molecule has 9 heteroatoms. The molecule has 0 spiro atoms. The summed E-state index contributed by atoms with van der Waals surface area (Å²) in [6, 6.07) is 11.4. The van der Waals surface area contributed by atoms with Gasteiger partial charge in [0.2, 0.25) is 15.9 Å². The number of sulfonamides is 1. The summed E-state index contributed by atoms with van der Waals surface area (Å²) in [5.74, 6) is 0.315. The van der Waals surface area contributed by atoms with Crippen molar-refractivity contribution in [3.05, 3.63) is 64.0 Å². The summed E-state index contributed by atoms with van der Waals surface area (Å²) in [7, 11) is -1.95. The minimum Gasteiger partial charge on any atom is -0.497 e. The highest BCUT2D eigenvalue weighted by Crippen LogP contribution is 2.25. The van der Waals surface area contributed by atoms with Crippen LogP contribution in [0.2, 0.25) is 0 Å². The Hall–Kier alpha value is -3.17. The smallest absolute Gasteiger partial charge is 0.339 e. The van der Waals surface area contributed by atoms with Crippen molar-refractivity contribution in [2.45, 2.75) is 37.5 Å². The number of benzene rings is 2. The molecule has 174 valence electrons. The van der Waals surface area contributed by atoms with Gasteiger partial charge >= 0.3 is 5.63 Å². The fraction of sp³-hybridized carbons (Fsp3) is 0.333. The first-order valence-corrected chi connectivity index (χ1v) is 12.2. The standard InChI is InChI=1S/C24H26N2O6S/c1-16-20-10-7-18(31-2)15-22(20)32-24(28)21(16)11-12-23(27)25-17-5-8-19(9-6-17)33(29,30)26-13-3-4-14-26/h5-10,15H,3-4,11-14H2,1-2H3,(H,25,27). The average Bonchev–Trinajstić information content (AvgIpc) is 3.35. The van der Waals surface area contributed by atoms with Gasteiger partial charge in [0.25, 0.3) is 0 Å². The molecule has 1 aliphatic heterocycles. The lowest BCUT2D eigenvalue weighted by Crippen LogP contribution is -2.27. The van der Waals surface area contributed by atoms with Crippen LogP contribution in [0.3, 0.4) is 0 Å². The van der Waals surface area contributed by atoms with Crippen molar-refractivity contribution < 1.29 is 22.4 Å². The van der Waals surface area contributed by atoms with Crippen molar-refractivity contribution in [2.24, 2.45) is 0 Å². The maximum absolute atomic E-state index is 12.6. The third kappa shape index (κ3) is 4.79. The highest BCUT2D eigenvalue weighted by Gasteiger charge is 2.27. The number of anilines is 1. The van der Waals surface area contributed by atoms with Gasteiger partial charge in [-0.3, -0.25) is 4.79 Å². The van der Waals surface area contributed by atoms with Crippen molar-refractivity contribution >= 4 is 32.6 Å². The number of carbonyl (C=O) groups excluding carboxylic acids is 1. The van der Waals surface area contributed by atoms with Crippen LogP contribution in [0.1, 0.15) is 30.4 Å². The zero-order chi connectivity index (χ0) is 23.6. The van der Waals surface area contributed by atoms with Crippen LogP contribution in [0.4, 0.5) is 5.69 Å². The predicted molar refractivity (Wildman–Crippen MR) is 125 cm³/mol. The summed E-state index contributed by atoms with van der Waals surface area (Å²) in [5, 5.41) is 3.55. The van der Waals surface area contributed by atoms with E-state index < -0.39 is 15.6 Å². The van der Waals surface area contributed by atoms with Gasteiger partial charge in [0.15, 0.2) is 0 Å². The van der Waals surface area contributed by atoms with Crippen LogP contribution in [0.5, 0.6) is 5.75 Å². The van der Waals surface area contributed by atoms with Crippen molar-refractivity contribution in [1.29, 1.82) is 0 Å². The summed E-state index contributed by atoms with van der Waals surface area (Å²) < 4.78 is 37.3. The number of aryl methyl sites for hydroxylation is 1. The molecule has 0 atom stereocenters. The third-order valence-corrected chi connectivity index (χ3v) is 7.85. The SMILES string of the molecule is COc1ccc2c(C)c(CCC(=O)Nc3ccc(S(=O)(=O)N4CCCC4)cc3)c(=O)oc2c1. The minimum absolute atomic E-state index is 0.0844. The number of amides is 1. The molecule has 0 saturated carbocycles. The fourth-order valence-corrected chi connectivity index (χ4v) is 5.56. The van der Waals surface area contributed by atoms with Gasteiger partial charge in [-0.1, -0.05) is 0 Å². The lowest BCUT2D eigenvalue weighted by molar-refractivity contribution is -0.116. The molecule has 1 N–H and O–H groups in total. The van der Waals surface area contributed by atoms with Gasteiger partial charge in [-0.2, -0.15) is 4.31 Å². The molecule has 2 aromatic carbocycles. The summed E-state index contributed by atoms with van der Waals surface area (Å²) in [6.45, 7) is 2.91. The zero-order valence-electron chi connectivity index (χ0n) is 18.6. The van der Waals surface area contributed by atoms with E-state index in [2.05, 4.69) is 5.32 Å². The second kappa shape index (κ2) is 9.36. The van der Waals surface area contributed by atoms with E-state index >= 15 is 0 Å². The van der Waals surface area contributed by atoms with Gasteiger partial charge in [-0.15, -0.1) is 0 Å². The average molecular weight is 471 g/mol. The van der Waals surface area contributed by atoms with Crippen molar-refractivity contribution in [3.8, 4) is 5.75 Å². The Kier molecular flexibility index (Phi) is 6.53. The summed E-state index contributed by atoms with van der Waals surface area (Å²) in [5.41, 5.74) is 1.68. The van der Waals surface area contributed by atoms with Gasteiger partial charge in [0.05, 0.1) is 12.0 Å². The molecule has 1 aliphatic rings. The van der Waals surface area contributed by atoms with Crippen LogP contribution in [0.15, 0.2) is 56.6 Å². The quantitative estimate of drug-likeness (QED) is 0.530. The molecule has 33 heavy (non-hydrogen) atoms. The number of carbonyl (C=O) groups is 1. The normalized spacial score (nSPS) is 14.5. The molecule has 3 aromatic rings. The van der Waals surface area contributed by atoms with Crippen LogP contribution in [-0.4, -0.2) is 38.8 Å². The van der Waals surface area contributed by atoms with Gasteiger partial charge in [0, 0.05) is 42.2 Å². The molecule has 0 aliphatic carbocycles. The Bertz CT molecular complexity index is 1340. The van der Waals surface area contributed by atoms with E-state index in [0.29, 0.717) is 35.7 Å². The number of fused-ring (bicyclic) bond motifs is 1. The Morgan fingerprint density at radius 3 is 2.48 bits per heavy atom. The van der Waals surface area contributed by atoms with Crippen LogP contribution in [0.25, 0.3) is 11.0 Å². The van der Waals surface area contributed by atoms with E-state index in [4.69, 9.17) is 9.15 Å². The van der Waals surface area contributed by atoms with Crippen LogP contribution in [-0.2, 0) is 21.2 Å². The van der Waals surface area contributed by atoms with E-state index in [1.54, 1.807) is 31.4 Å². The first-order valence-electron chi connectivity index (χ1n) is 10.8. The number of hydrogen-bond donors (Lipinski definition) is 1. The largest absolute Gasteiger partial charge is 0.497 e. The minimum atomic E-state index is -3.49. The lowest BCUT2D eigenvalue weighted by Gasteiger charge is -2.15. The zero-order valence-corrected chi connectivity index (χ0v) is 19.4. The van der Waals surface area contributed by atoms with Gasteiger partial charge in [-0.25, -0.2) is 13.2 Å². The third-order valence-electron chi connectivity index (χ3n) is 5.94. The second-order valence-electron chi connectivity index (χ2n) is 8.04. The second-order valence-corrected chi connectivity index (χ2v) is 9.98. The molecule has 0 radical (unpaired) electrons. The molecule has 4 rings (SSSR count). The van der Waals surface area contributed by atoms with Crippen LogP contribution >= 0.6 is 0 Å². The van der Waals surface area contributed by atoms with Crippen molar-refractivity contribution in [1.82, 2.24) is 4.31 Å². The first-order chi connectivity index (χ1) is 15.8. The van der Waals surface area contributed by atoms with Crippen molar-refractivity contribution in [3.63, 3.8) is 0 Å². The molecule has 1 amide bonds. The predicted octanol–water partition coefficient (Wildman–Crippen LogP) is 3.47. The molecule has 1 fully saturated rings. The Balaban J connectivity index is 1.42. The molecular weight excluding hydrogens is 444 g/mol. The van der Waals surface area contributed by atoms with Crippen LogP contribution < -0.4 is 15.7 Å². The maximum Gasteiger partial charge on any atom is 0.339 e. The lowest BCUT2D eigenvalue weighted by atomic mass is 10.0. The van der Waals surface area contributed by atoms with Gasteiger partial charge in [-0.05, 0) is 68.1 Å². The molecular formula is C24H26N2O6S. The van der Waals surface area contributed by atoms with E-state index in [1.807, 2.05) is 13.0 Å². The molecule has 1 aromatic heterocycles. The number of rotatable bonds is 7. The monoisotopic (exact) mass is 470 g/mol. The number of nitrogens with one attached hydrogen (secondary N) is 1. The molecule has 2 heterocycles. The first kappa shape index (κ1) is 23.0.